The molecule has 0 unspecified atom stereocenters. The monoisotopic (exact) mass is 907 g/mol. The summed E-state index contributed by atoms with van der Waals surface area (Å²) < 4.78 is 27.2. The van der Waals surface area contributed by atoms with Gasteiger partial charge in [0.05, 0.1) is 24.8 Å². The van der Waals surface area contributed by atoms with Crippen molar-refractivity contribution < 1.29 is 38.8 Å². The second-order valence-electron chi connectivity index (χ2n) is 18.4. The number of hydrogen-bond acceptors (Lipinski definition) is 9. The molecule has 0 radical (unpaired) electrons. The van der Waals surface area contributed by atoms with Crippen molar-refractivity contribution in [3.05, 3.63) is 103 Å². The lowest BCUT2D eigenvalue weighted by atomic mass is 9.55. The van der Waals surface area contributed by atoms with Crippen molar-refractivity contribution in [3.8, 4) is 28.4 Å². The second-order valence-corrected chi connectivity index (χ2v) is 18.4. The van der Waals surface area contributed by atoms with Gasteiger partial charge < -0.3 is 34.0 Å². The summed E-state index contributed by atoms with van der Waals surface area (Å²) in [5, 5.41) is 24.6. The molecule has 0 saturated heterocycles. The Labute approximate surface area is 395 Å². The predicted octanol–water partition coefficient (Wildman–Crippen LogP) is 13.2. The third-order valence-electron chi connectivity index (χ3n) is 13.8. The van der Waals surface area contributed by atoms with E-state index < -0.39 is 17.7 Å². The summed E-state index contributed by atoms with van der Waals surface area (Å²) in [6.45, 7) is 9.62. The van der Waals surface area contributed by atoms with E-state index in [1.165, 1.54) is 44.9 Å². The number of aliphatic hydroxyl groups excluding tert-OH is 2. The number of nitrogens with zero attached hydrogens (tertiary/aromatic N) is 2. The number of carbonyl (C=O) groups is 1. The molecule has 66 heavy (non-hydrogen) atoms. The van der Waals surface area contributed by atoms with Crippen LogP contribution < -0.4 is 9.47 Å². The quantitative estimate of drug-likeness (QED) is 0.0402. The second kappa shape index (κ2) is 26.6. The third kappa shape index (κ3) is 12.9. The zero-order chi connectivity index (χ0) is 46.6. The zero-order valence-corrected chi connectivity index (χ0v) is 40.2. The van der Waals surface area contributed by atoms with Gasteiger partial charge in [0, 0.05) is 37.7 Å². The van der Waals surface area contributed by atoms with E-state index in [4.69, 9.17) is 28.9 Å². The van der Waals surface area contributed by atoms with Crippen molar-refractivity contribution in [3.63, 3.8) is 0 Å². The Kier molecular flexibility index (Phi) is 20.5. The average Bonchev–Trinajstić information content (AvgIpc) is 3.34. The fourth-order valence-corrected chi connectivity index (χ4v) is 10.8. The molecule has 1 aliphatic heterocycles. The summed E-state index contributed by atoms with van der Waals surface area (Å²) >= 11 is 0. The fraction of sp³-hybridized carbons (Fsp3) is 0.571. The molecular formula is C56H78N2O8. The Bertz CT molecular complexity index is 1980. The maximum Gasteiger partial charge on any atom is 0.410 e. The lowest BCUT2D eigenvalue weighted by Gasteiger charge is -2.59. The van der Waals surface area contributed by atoms with Gasteiger partial charge in [0.1, 0.15) is 30.4 Å². The molecule has 1 heterocycles. The van der Waals surface area contributed by atoms with E-state index in [-0.39, 0.29) is 43.7 Å². The first-order chi connectivity index (χ1) is 32.4. The van der Waals surface area contributed by atoms with Crippen molar-refractivity contribution in [1.29, 1.82) is 0 Å². The molecular weight excluding hydrogens is 829 g/mol. The summed E-state index contributed by atoms with van der Waals surface area (Å²) in [5.41, 5.74) is 5.01. The zero-order valence-electron chi connectivity index (χ0n) is 40.2. The van der Waals surface area contributed by atoms with Gasteiger partial charge in [-0.3, -0.25) is 4.90 Å². The standard InChI is InChI=1S/C56H78N2O8/c1-5-8-9-10-11-12-13-14-15-23-38-63-55(61)58(34-6-2)52-41-50(57-62-4)48-39-44(26-19-21-35-59)47(27-20-22-36-60)53-49-40-46(32-33-51(49)66-56(52,54(48)53)64-37-7-3)65-45-30-28-43(29-31-45)42-24-17-16-18-25-42/h7,16-18,24-25,28-33,39-40,44,47,52-54,59-60H,3,5-6,8-15,19-23,26-27,34-38,41H2,1-2,4H3/t44-,47+,52-,53+,54+,56+/m0/s1. The molecule has 360 valence electrons. The molecule has 2 aliphatic carbocycles. The van der Waals surface area contributed by atoms with Crippen molar-refractivity contribution >= 4 is 11.8 Å². The van der Waals surface area contributed by atoms with Gasteiger partial charge >= 0.3 is 6.09 Å². The van der Waals surface area contributed by atoms with Crippen LogP contribution >= 0.6 is 0 Å². The van der Waals surface area contributed by atoms with E-state index in [9.17, 15) is 15.0 Å². The number of amides is 1. The molecule has 1 amide bonds. The van der Waals surface area contributed by atoms with Crippen LogP contribution in [-0.2, 0) is 14.3 Å². The topological polar surface area (TPSA) is 119 Å². The van der Waals surface area contributed by atoms with E-state index in [0.29, 0.717) is 50.3 Å². The first-order valence-corrected chi connectivity index (χ1v) is 25.3. The molecule has 6 atom stereocenters. The van der Waals surface area contributed by atoms with Crippen LogP contribution in [0.4, 0.5) is 4.79 Å². The average molecular weight is 907 g/mol. The van der Waals surface area contributed by atoms with Crippen LogP contribution in [0.3, 0.4) is 0 Å². The number of allylic oxidation sites excluding steroid dienone is 1. The largest absolute Gasteiger partial charge is 0.459 e. The Morgan fingerprint density at radius 1 is 0.818 bits per heavy atom. The van der Waals surface area contributed by atoms with E-state index in [0.717, 1.165) is 78.7 Å². The number of carbonyl (C=O) groups excluding carboxylic acids is 1. The molecule has 0 aromatic heterocycles. The molecule has 3 aromatic rings. The van der Waals surface area contributed by atoms with Gasteiger partial charge in [-0.05, 0) is 97.4 Å². The number of benzene rings is 3. The molecule has 10 heteroatoms. The van der Waals surface area contributed by atoms with Crippen LogP contribution in [0.1, 0.15) is 141 Å². The minimum atomic E-state index is -1.34. The first-order valence-electron chi connectivity index (χ1n) is 25.3. The maximum atomic E-state index is 14.5. The van der Waals surface area contributed by atoms with Crippen LogP contribution in [0.5, 0.6) is 17.2 Å². The molecule has 10 nitrogen and oxygen atoms in total. The Hall–Kier alpha value is -4.64. The summed E-state index contributed by atoms with van der Waals surface area (Å²) in [4.78, 5) is 22.0. The van der Waals surface area contributed by atoms with Gasteiger partial charge in [0.15, 0.2) is 0 Å². The highest BCUT2D eigenvalue weighted by Crippen LogP contribution is 2.62. The van der Waals surface area contributed by atoms with Gasteiger partial charge in [-0.25, -0.2) is 4.79 Å². The number of rotatable bonds is 29. The maximum absolute atomic E-state index is 14.5. The number of oxime groups is 1. The highest BCUT2D eigenvalue weighted by molar-refractivity contribution is 6.03. The highest BCUT2D eigenvalue weighted by Gasteiger charge is 2.65. The van der Waals surface area contributed by atoms with Crippen LogP contribution in [0, 0.1) is 17.8 Å². The normalized spacial score (nSPS) is 22.4. The summed E-state index contributed by atoms with van der Waals surface area (Å²) in [7, 11) is 1.57. The molecule has 6 rings (SSSR count). The van der Waals surface area contributed by atoms with Crippen LogP contribution in [0.2, 0.25) is 0 Å². The summed E-state index contributed by atoms with van der Waals surface area (Å²) in [5.74, 6) is 0.424. The molecule has 3 aliphatic rings. The van der Waals surface area contributed by atoms with Gasteiger partial charge in [0.25, 0.3) is 0 Å². The minimum absolute atomic E-state index is 0.101. The van der Waals surface area contributed by atoms with E-state index in [1.807, 2.05) is 47.4 Å². The summed E-state index contributed by atoms with van der Waals surface area (Å²) in [6, 6.07) is 23.9. The van der Waals surface area contributed by atoms with Crippen LogP contribution in [0.15, 0.2) is 102 Å². The molecule has 0 bridgehead atoms. The van der Waals surface area contributed by atoms with Crippen molar-refractivity contribution in [2.75, 3.05) is 40.1 Å². The Morgan fingerprint density at radius 3 is 2.15 bits per heavy atom. The van der Waals surface area contributed by atoms with Crippen molar-refractivity contribution in [2.45, 2.75) is 147 Å². The highest BCUT2D eigenvalue weighted by atomic mass is 16.7. The van der Waals surface area contributed by atoms with Gasteiger partial charge in [-0.15, -0.1) is 6.58 Å². The molecule has 1 saturated carbocycles. The van der Waals surface area contributed by atoms with Crippen LogP contribution in [-0.4, -0.2) is 78.8 Å². The van der Waals surface area contributed by atoms with Gasteiger partial charge in [-0.1, -0.05) is 144 Å². The number of hydrogen-bond donors (Lipinski definition) is 2. The van der Waals surface area contributed by atoms with E-state index in [1.54, 1.807) is 13.2 Å². The van der Waals surface area contributed by atoms with Gasteiger partial charge in [0.2, 0.25) is 5.79 Å². The number of fused-ring (bicyclic) bond motifs is 2. The minimum Gasteiger partial charge on any atom is -0.459 e. The SMILES string of the molecule is C=CCO[C@@]12Oc3ccc(Oc4ccc(-c5ccccc5)cc4)cc3[C@H]3[C@H](CCCCO)[C@@H](CCCCO)C=C(C(=NOC)C[C@@H]1N(CCC)C(=O)OCCCCCCCCCCCC)[C@H]32. The fourth-order valence-electron chi connectivity index (χ4n) is 10.8. The van der Waals surface area contributed by atoms with E-state index in [2.05, 4.69) is 56.8 Å². The Balaban J connectivity index is 1.37. The number of aliphatic hydroxyl groups is 2. The Morgan fingerprint density at radius 2 is 1.48 bits per heavy atom. The predicted molar refractivity (Wildman–Crippen MR) is 264 cm³/mol. The summed E-state index contributed by atoms with van der Waals surface area (Å²) in [6.07, 6.45) is 21.6. The molecule has 1 fully saturated rings. The number of ether oxygens (including phenoxy) is 4. The van der Waals surface area contributed by atoms with E-state index >= 15 is 0 Å². The van der Waals surface area contributed by atoms with Gasteiger partial charge in [-0.2, -0.15) is 0 Å². The lowest BCUT2D eigenvalue weighted by molar-refractivity contribution is -0.255. The first kappa shape index (κ1) is 50.8. The smallest absolute Gasteiger partial charge is 0.410 e. The van der Waals surface area contributed by atoms with Crippen molar-refractivity contribution in [2.24, 2.45) is 22.9 Å². The molecule has 3 aromatic carbocycles. The third-order valence-corrected chi connectivity index (χ3v) is 13.8. The van der Waals surface area contributed by atoms with Crippen LogP contribution in [0.25, 0.3) is 11.1 Å². The molecule has 2 N–H and O–H groups in total. The molecule has 0 spiro atoms. The van der Waals surface area contributed by atoms with Crippen molar-refractivity contribution in [1.82, 2.24) is 4.90 Å². The number of unbranched alkanes of at least 4 members (excludes halogenated alkanes) is 11. The lowest BCUT2D eigenvalue weighted by Crippen LogP contribution is -2.70.